The van der Waals surface area contributed by atoms with Crippen molar-refractivity contribution in [1.29, 1.82) is 5.41 Å². The summed E-state index contributed by atoms with van der Waals surface area (Å²) < 4.78 is 12.1. The van der Waals surface area contributed by atoms with Crippen LogP contribution in [0.15, 0.2) is 16.7 Å². The summed E-state index contributed by atoms with van der Waals surface area (Å²) in [6.45, 7) is 1.96. The highest BCUT2D eigenvalue weighted by Crippen LogP contribution is 2.31. The van der Waals surface area contributed by atoms with Crippen LogP contribution in [0.2, 0.25) is 0 Å². The molecule has 29 heavy (non-hydrogen) atoms. The second-order valence-electron chi connectivity index (χ2n) is 8.88. The highest BCUT2D eigenvalue weighted by molar-refractivity contribution is 6.43. The first-order valence-electron chi connectivity index (χ1n) is 10.5. The van der Waals surface area contributed by atoms with Crippen molar-refractivity contribution in [1.82, 2.24) is 5.16 Å². The maximum Gasteiger partial charge on any atom is 0.358 e. The number of hydrogen-bond donors (Lipinski definition) is 1. The Morgan fingerprint density at radius 3 is 2.55 bits per heavy atom. The number of piperidine rings is 1. The van der Waals surface area contributed by atoms with Gasteiger partial charge in [-0.15, -0.1) is 0 Å². The van der Waals surface area contributed by atoms with Gasteiger partial charge in [-0.2, -0.15) is 0 Å². The zero-order valence-electron chi connectivity index (χ0n) is 17.3. The van der Waals surface area contributed by atoms with Gasteiger partial charge in [0.05, 0.1) is 32.6 Å². The number of rotatable bonds is 3. The fourth-order valence-electron chi connectivity index (χ4n) is 4.47. The predicted octanol–water partition coefficient (Wildman–Crippen LogP) is 0.641. The number of ether oxygens (including phenoxy) is 1. The molecule has 0 unspecified atom stereocenters. The third kappa shape index (κ3) is 4.82. The van der Waals surface area contributed by atoms with E-state index in [4.69, 9.17) is 14.7 Å². The van der Waals surface area contributed by atoms with Gasteiger partial charge in [-0.05, 0) is 42.9 Å². The predicted molar refractivity (Wildman–Crippen MR) is 108 cm³/mol. The zero-order valence-corrected chi connectivity index (χ0v) is 19.5. The van der Waals surface area contributed by atoms with Gasteiger partial charge in [0.1, 0.15) is 11.8 Å². The lowest BCUT2D eigenvalue weighted by Gasteiger charge is -2.36. The minimum Gasteiger partial charge on any atom is -1.00 e. The Balaban J connectivity index is 0.00000240. The van der Waals surface area contributed by atoms with E-state index < -0.39 is 5.97 Å². The average molecular weight is 511 g/mol. The number of aryl methyl sites for hydroxylation is 2. The Morgan fingerprint density at radius 1 is 1.14 bits per heavy atom. The Bertz CT molecular complexity index is 896. The molecule has 1 N–H and O–H groups in total. The fourth-order valence-corrected chi connectivity index (χ4v) is 4.47. The summed E-state index contributed by atoms with van der Waals surface area (Å²) in [5.74, 6) is -0.587. The molecule has 1 saturated heterocycles. The maximum atomic E-state index is 12.7. The largest absolute Gasteiger partial charge is 1.00 e. The number of benzene rings is 1. The van der Waals surface area contributed by atoms with Crippen molar-refractivity contribution in [2.45, 2.75) is 57.5 Å². The van der Waals surface area contributed by atoms with E-state index in [9.17, 15) is 4.79 Å². The van der Waals surface area contributed by atoms with Crippen molar-refractivity contribution in [2.75, 3.05) is 27.2 Å². The van der Waals surface area contributed by atoms with Crippen molar-refractivity contribution in [2.24, 2.45) is 0 Å². The number of hydrogen-bond acceptors (Lipinski definition) is 5. The summed E-state index contributed by atoms with van der Waals surface area (Å²) >= 11 is 0. The molecule has 0 amide bonds. The van der Waals surface area contributed by atoms with Gasteiger partial charge in [0, 0.05) is 12.8 Å². The van der Waals surface area contributed by atoms with E-state index in [0.717, 1.165) is 55.1 Å². The summed E-state index contributed by atoms with van der Waals surface area (Å²) in [6, 6.07) is 4.04. The first-order valence-corrected chi connectivity index (χ1v) is 10.5. The number of quaternary nitrogens is 1. The van der Waals surface area contributed by atoms with Crippen LogP contribution in [-0.4, -0.2) is 54.6 Å². The summed E-state index contributed by atoms with van der Waals surface area (Å²) in [5, 5.41) is 13.4. The van der Waals surface area contributed by atoms with Crippen LogP contribution in [0.25, 0.3) is 11.0 Å². The summed E-state index contributed by atoms with van der Waals surface area (Å²) in [7, 11) is 4.38. The van der Waals surface area contributed by atoms with Crippen molar-refractivity contribution in [3.8, 4) is 0 Å². The second kappa shape index (κ2) is 9.12. The van der Waals surface area contributed by atoms with Gasteiger partial charge >= 0.3 is 5.97 Å². The van der Waals surface area contributed by atoms with Gasteiger partial charge in [0.15, 0.2) is 11.3 Å². The molecule has 0 spiro atoms. The minimum atomic E-state index is -0.587. The molecular weight excluding hydrogens is 481 g/mol. The van der Waals surface area contributed by atoms with Crippen molar-refractivity contribution >= 4 is 22.7 Å². The Labute approximate surface area is 189 Å². The van der Waals surface area contributed by atoms with E-state index >= 15 is 0 Å². The van der Waals surface area contributed by atoms with Crippen LogP contribution in [-0.2, 0) is 22.4 Å². The van der Waals surface area contributed by atoms with Crippen LogP contribution in [0.1, 0.15) is 55.3 Å². The van der Waals surface area contributed by atoms with Gasteiger partial charge < -0.3 is 37.7 Å². The number of aromatic nitrogens is 1. The molecule has 158 valence electrons. The Hall–Kier alpha value is -1.48. The molecule has 6 nitrogen and oxygen atoms in total. The van der Waals surface area contributed by atoms with Crippen molar-refractivity contribution in [3.05, 3.63) is 29.0 Å². The van der Waals surface area contributed by atoms with Crippen molar-refractivity contribution < 1.29 is 42.5 Å². The molecule has 7 heteroatoms. The van der Waals surface area contributed by atoms with E-state index in [1.54, 1.807) is 0 Å². The van der Waals surface area contributed by atoms with Crippen LogP contribution in [0.3, 0.4) is 0 Å². The summed E-state index contributed by atoms with van der Waals surface area (Å²) in [6.07, 6.45) is 8.29. The Morgan fingerprint density at radius 2 is 1.83 bits per heavy atom. The van der Waals surface area contributed by atoms with Gasteiger partial charge in [0.2, 0.25) is 0 Å². The lowest BCUT2D eigenvalue weighted by Crippen LogP contribution is -3.00. The van der Waals surface area contributed by atoms with Crippen LogP contribution in [0.4, 0.5) is 0 Å². The van der Waals surface area contributed by atoms with Crippen LogP contribution < -0.4 is 24.0 Å². The number of fused-ring (bicyclic) bond motifs is 3. The van der Waals surface area contributed by atoms with E-state index in [-0.39, 0.29) is 35.8 Å². The number of carbonyl (C=O) groups is 1. The number of nitrogens with one attached hydrogen (secondary N) is 1. The van der Waals surface area contributed by atoms with Gasteiger partial charge in [0.25, 0.3) is 0 Å². The lowest BCUT2D eigenvalue weighted by molar-refractivity contribution is -0.896. The molecule has 2 aromatic rings. The first kappa shape index (κ1) is 22.2. The van der Waals surface area contributed by atoms with E-state index in [1.807, 2.05) is 6.07 Å². The molecule has 2 heterocycles. The monoisotopic (exact) mass is 511 g/mol. The maximum absolute atomic E-state index is 12.7. The molecule has 1 aliphatic carbocycles. The molecule has 1 aromatic carbocycles. The Kier molecular flexibility index (Phi) is 6.98. The number of halogens is 1. The van der Waals surface area contributed by atoms with E-state index in [2.05, 4.69) is 25.3 Å². The van der Waals surface area contributed by atoms with Gasteiger partial charge in [-0.3, -0.25) is 5.41 Å². The SMILES string of the molecule is C[N+]1(C)CCC(OC(=O)C(=N)c2noc3ccc4c(c23)CCCCCC4)CC1.[I-]. The topological polar surface area (TPSA) is 76.2 Å². The van der Waals surface area contributed by atoms with Gasteiger partial charge in [-0.25, -0.2) is 4.79 Å². The zero-order chi connectivity index (χ0) is 19.7. The number of carbonyl (C=O) groups excluding carboxylic acids is 1. The molecule has 1 aliphatic heterocycles. The van der Waals surface area contributed by atoms with E-state index in [1.165, 1.54) is 30.4 Å². The van der Waals surface area contributed by atoms with Crippen LogP contribution >= 0.6 is 0 Å². The first-order chi connectivity index (χ1) is 13.4. The highest BCUT2D eigenvalue weighted by atomic mass is 127. The normalized spacial score (nSPS) is 19.5. The fraction of sp³-hybridized carbons (Fsp3) is 0.591. The molecule has 0 saturated carbocycles. The highest BCUT2D eigenvalue weighted by Gasteiger charge is 2.31. The number of likely N-dealkylation sites (tertiary alicyclic amines) is 1. The number of esters is 1. The molecule has 0 bridgehead atoms. The van der Waals surface area contributed by atoms with Crippen LogP contribution in [0.5, 0.6) is 0 Å². The molecule has 0 atom stereocenters. The molecular formula is C22H30IN3O3. The summed E-state index contributed by atoms with van der Waals surface area (Å²) in [5.41, 5.74) is 3.30. The second-order valence-corrected chi connectivity index (χ2v) is 8.88. The van der Waals surface area contributed by atoms with Crippen molar-refractivity contribution in [3.63, 3.8) is 0 Å². The molecule has 2 aliphatic rings. The lowest BCUT2D eigenvalue weighted by atomic mass is 9.90. The minimum absolute atomic E-state index is 0. The van der Waals surface area contributed by atoms with E-state index in [0.29, 0.717) is 11.3 Å². The molecule has 0 radical (unpaired) electrons. The molecule has 4 rings (SSSR count). The summed E-state index contributed by atoms with van der Waals surface area (Å²) in [4.78, 5) is 12.7. The number of nitrogens with zero attached hydrogens (tertiary/aromatic N) is 2. The standard InChI is InChI=1S/C22H30N3O3.HI/c1-25(2)13-11-16(12-14-25)27-22(26)20(23)21-19-17-8-6-4-3-5-7-15(17)9-10-18(19)28-24-21;/h9-10,16,23H,3-8,11-14H2,1-2H3;1H/q+1;/p-1. The molecule has 1 fully saturated rings. The molecule has 1 aromatic heterocycles. The third-order valence-corrected chi connectivity index (χ3v) is 6.29. The quantitative estimate of drug-likeness (QED) is 0.284. The van der Waals surface area contributed by atoms with Gasteiger partial charge in [-0.1, -0.05) is 24.1 Å². The van der Waals surface area contributed by atoms with Crippen LogP contribution in [0, 0.1) is 5.41 Å². The smallest absolute Gasteiger partial charge is 0.358 e. The average Bonchev–Trinajstić information content (AvgIpc) is 3.07. The third-order valence-electron chi connectivity index (χ3n) is 6.29.